The molecule has 1 amide bonds. The average molecular weight is 400 g/mol. The number of benzene rings is 1. The Bertz CT molecular complexity index is 642. The van der Waals surface area contributed by atoms with Crippen molar-refractivity contribution in [3.05, 3.63) is 29.3 Å². The molecule has 0 saturated heterocycles. The van der Waals surface area contributed by atoms with E-state index in [1.54, 1.807) is 58.9 Å². The van der Waals surface area contributed by atoms with E-state index >= 15 is 0 Å². The van der Waals surface area contributed by atoms with Crippen LogP contribution in [-0.2, 0) is 14.3 Å². The van der Waals surface area contributed by atoms with Gasteiger partial charge in [0.05, 0.1) is 0 Å². The van der Waals surface area contributed by atoms with Gasteiger partial charge in [0.1, 0.15) is 29.6 Å². The molecule has 1 rings (SSSR count). The van der Waals surface area contributed by atoms with E-state index in [-0.39, 0.29) is 12.0 Å². The molecule has 0 bridgehead atoms. The molecule has 6 nitrogen and oxygen atoms in total. The fourth-order valence-electron chi connectivity index (χ4n) is 2.37. The number of halogens is 1. The Morgan fingerprint density at radius 3 is 2.26 bits per heavy atom. The number of ether oxygens (including phenoxy) is 3. The van der Waals surface area contributed by atoms with Crippen LogP contribution in [-0.4, -0.2) is 35.9 Å². The van der Waals surface area contributed by atoms with E-state index in [0.717, 1.165) is 0 Å². The molecule has 0 heterocycles. The molecule has 0 aliphatic carbocycles. The normalized spacial score (nSPS) is 14.9. The largest absolute Gasteiger partial charge is 0.486 e. The lowest BCUT2D eigenvalue weighted by Gasteiger charge is -2.29. The van der Waals surface area contributed by atoms with Crippen LogP contribution >= 0.6 is 11.6 Å². The van der Waals surface area contributed by atoms with Crippen LogP contribution in [0, 0.1) is 5.92 Å². The van der Waals surface area contributed by atoms with E-state index in [0.29, 0.717) is 10.8 Å². The van der Waals surface area contributed by atoms with Gasteiger partial charge in [-0.3, -0.25) is 0 Å². The van der Waals surface area contributed by atoms with Gasteiger partial charge in [-0.1, -0.05) is 31.5 Å². The third kappa shape index (κ3) is 8.52. The highest BCUT2D eigenvalue weighted by Gasteiger charge is 2.29. The molecule has 0 saturated carbocycles. The first-order chi connectivity index (χ1) is 12.4. The van der Waals surface area contributed by atoms with Gasteiger partial charge in [0, 0.05) is 5.02 Å². The van der Waals surface area contributed by atoms with E-state index in [4.69, 9.17) is 25.8 Å². The molecule has 3 atom stereocenters. The van der Waals surface area contributed by atoms with Gasteiger partial charge in [-0.05, 0) is 58.7 Å². The second kappa shape index (κ2) is 9.83. The van der Waals surface area contributed by atoms with Gasteiger partial charge >= 0.3 is 12.1 Å². The Kier molecular flexibility index (Phi) is 8.41. The standard InChI is InChI=1S/C20H30ClNO5/c1-12(2)17(26-16-10-8-9-15(21)11-16)14(4)25-18(23)13(3)22-19(24)27-20(5,6)7/h8-14,17H,1-7H3,(H,22,24)/t13-,14-,17-/m0/s1. The third-order valence-electron chi connectivity index (χ3n) is 3.58. The van der Waals surface area contributed by atoms with Crippen LogP contribution in [0.3, 0.4) is 0 Å². The fourth-order valence-corrected chi connectivity index (χ4v) is 2.55. The highest BCUT2D eigenvalue weighted by molar-refractivity contribution is 6.30. The Morgan fingerprint density at radius 1 is 1.11 bits per heavy atom. The van der Waals surface area contributed by atoms with Crippen molar-refractivity contribution >= 4 is 23.7 Å². The molecule has 0 aromatic heterocycles. The average Bonchev–Trinajstić information content (AvgIpc) is 2.50. The van der Waals surface area contributed by atoms with Crippen LogP contribution in [0.2, 0.25) is 5.02 Å². The Balaban J connectivity index is 2.67. The highest BCUT2D eigenvalue weighted by Crippen LogP contribution is 2.23. The van der Waals surface area contributed by atoms with E-state index in [9.17, 15) is 9.59 Å². The van der Waals surface area contributed by atoms with Crippen molar-refractivity contribution in [1.29, 1.82) is 0 Å². The third-order valence-corrected chi connectivity index (χ3v) is 3.81. The number of nitrogens with one attached hydrogen (secondary N) is 1. The smallest absolute Gasteiger partial charge is 0.408 e. The number of carbonyl (C=O) groups excluding carboxylic acids is 2. The molecule has 0 aliphatic heterocycles. The van der Waals surface area contributed by atoms with Crippen molar-refractivity contribution < 1.29 is 23.8 Å². The van der Waals surface area contributed by atoms with Gasteiger partial charge in [0.15, 0.2) is 0 Å². The van der Waals surface area contributed by atoms with Crippen LogP contribution < -0.4 is 10.1 Å². The quantitative estimate of drug-likeness (QED) is 0.679. The molecular weight excluding hydrogens is 370 g/mol. The number of esters is 1. The summed E-state index contributed by atoms with van der Waals surface area (Å²) < 4.78 is 16.6. The van der Waals surface area contributed by atoms with Crippen molar-refractivity contribution in [2.45, 2.75) is 72.3 Å². The topological polar surface area (TPSA) is 73.9 Å². The van der Waals surface area contributed by atoms with Crippen molar-refractivity contribution in [3.63, 3.8) is 0 Å². The lowest BCUT2D eigenvalue weighted by atomic mass is 10.0. The SMILES string of the molecule is CC(C)[C@H](Oc1cccc(Cl)c1)[C@H](C)OC(=O)[C@H](C)NC(=O)OC(C)(C)C. The van der Waals surface area contributed by atoms with E-state index in [2.05, 4.69) is 5.32 Å². The minimum absolute atomic E-state index is 0.0842. The van der Waals surface area contributed by atoms with Crippen LogP contribution in [0.1, 0.15) is 48.5 Å². The van der Waals surface area contributed by atoms with Gasteiger partial charge in [0.2, 0.25) is 0 Å². The van der Waals surface area contributed by atoms with Crippen molar-refractivity contribution in [1.82, 2.24) is 5.32 Å². The summed E-state index contributed by atoms with van der Waals surface area (Å²) >= 11 is 5.99. The minimum atomic E-state index is -0.846. The molecule has 152 valence electrons. The molecule has 0 radical (unpaired) electrons. The molecule has 1 aromatic carbocycles. The van der Waals surface area contributed by atoms with E-state index < -0.39 is 29.8 Å². The molecule has 1 aromatic rings. The van der Waals surface area contributed by atoms with Crippen LogP contribution in [0.25, 0.3) is 0 Å². The van der Waals surface area contributed by atoms with Crippen LogP contribution in [0.5, 0.6) is 5.75 Å². The molecule has 0 aliphatic rings. The Labute approximate surface area is 166 Å². The van der Waals surface area contributed by atoms with E-state index in [1.165, 1.54) is 0 Å². The molecular formula is C20H30ClNO5. The summed E-state index contributed by atoms with van der Waals surface area (Å²) in [7, 11) is 0. The lowest BCUT2D eigenvalue weighted by molar-refractivity contribution is -0.156. The maximum Gasteiger partial charge on any atom is 0.408 e. The molecule has 1 N–H and O–H groups in total. The maximum atomic E-state index is 12.3. The van der Waals surface area contributed by atoms with Crippen LogP contribution in [0.4, 0.5) is 4.79 Å². The first kappa shape index (κ1) is 23.1. The van der Waals surface area contributed by atoms with Gasteiger partial charge in [0.25, 0.3) is 0 Å². The van der Waals surface area contributed by atoms with Gasteiger partial charge in [-0.15, -0.1) is 0 Å². The summed E-state index contributed by atoms with van der Waals surface area (Å²) in [6.07, 6.45) is -1.57. The first-order valence-electron chi connectivity index (χ1n) is 9.01. The number of hydrogen-bond donors (Lipinski definition) is 1. The maximum absolute atomic E-state index is 12.3. The second-order valence-corrected chi connectivity index (χ2v) is 8.23. The molecule has 0 unspecified atom stereocenters. The number of hydrogen-bond acceptors (Lipinski definition) is 5. The lowest BCUT2D eigenvalue weighted by Crippen LogP contribution is -2.45. The minimum Gasteiger partial charge on any atom is -0.486 e. The summed E-state index contributed by atoms with van der Waals surface area (Å²) in [5.41, 5.74) is -0.644. The van der Waals surface area contributed by atoms with Crippen molar-refractivity contribution in [2.75, 3.05) is 0 Å². The Morgan fingerprint density at radius 2 is 1.74 bits per heavy atom. The monoisotopic (exact) mass is 399 g/mol. The fraction of sp³-hybridized carbons (Fsp3) is 0.600. The van der Waals surface area contributed by atoms with Crippen LogP contribution in [0.15, 0.2) is 24.3 Å². The molecule has 27 heavy (non-hydrogen) atoms. The summed E-state index contributed by atoms with van der Waals surface area (Å²) in [5.74, 6) is 0.124. The van der Waals surface area contributed by atoms with Crippen molar-refractivity contribution in [2.24, 2.45) is 5.92 Å². The summed E-state index contributed by atoms with van der Waals surface area (Å²) in [6, 6.07) is 6.20. The summed E-state index contributed by atoms with van der Waals surface area (Å²) in [6.45, 7) is 12.5. The number of rotatable bonds is 7. The predicted molar refractivity (Wildman–Crippen MR) is 105 cm³/mol. The van der Waals surface area contributed by atoms with Gasteiger partial charge in [-0.2, -0.15) is 0 Å². The zero-order valence-electron chi connectivity index (χ0n) is 17.0. The molecule has 0 spiro atoms. The summed E-state index contributed by atoms with van der Waals surface area (Å²) in [5, 5.41) is 3.04. The Hall–Kier alpha value is -1.95. The zero-order valence-corrected chi connectivity index (χ0v) is 17.8. The number of alkyl carbamates (subject to hydrolysis) is 1. The number of carbonyl (C=O) groups is 2. The molecule has 0 fully saturated rings. The van der Waals surface area contributed by atoms with Gasteiger partial charge < -0.3 is 19.5 Å². The predicted octanol–water partition coefficient (Wildman–Crippen LogP) is 4.59. The van der Waals surface area contributed by atoms with Gasteiger partial charge in [-0.25, -0.2) is 9.59 Å². The highest BCUT2D eigenvalue weighted by atomic mass is 35.5. The first-order valence-corrected chi connectivity index (χ1v) is 9.39. The zero-order chi connectivity index (χ0) is 20.8. The molecule has 7 heteroatoms. The number of amides is 1. The summed E-state index contributed by atoms with van der Waals surface area (Å²) in [4.78, 5) is 24.1. The van der Waals surface area contributed by atoms with Crippen molar-refractivity contribution in [3.8, 4) is 5.75 Å². The van der Waals surface area contributed by atoms with E-state index in [1.807, 2.05) is 13.8 Å². The second-order valence-electron chi connectivity index (χ2n) is 7.79.